The lowest BCUT2D eigenvalue weighted by atomic mass is 10.3. The van der Waals surface area contributed by atoms with Gasteiger partial charge in [-0.3, -0.25) is 0 Å². The highest BCUT2D eigenvalue weighted by molar-refractivity contribution is 7.15. The second-order valence-electron chi connectivity index (χ2n) is 3.39. The number of thiazole rings is 1. The van der Waals surface area contributed by atoms with Crippen molar-refractivity contribution in [3.05, 3.63) is 45.6 Å². The molecule has 0 saturated heterocycles. The van der Waals surface area contributed by atoms with Crippen LogP contribution >= 0.6 is 22.9 Å². The molecule has 0 atom stereocenters. The van der Waals surface area contributed by atoms with E-state index in [2.05, 4.69) is 4.98 Å². The van der Waals surface area contributed by atoms with Crippen molar-refractivity contribution in [1.82, 2.24) is 4.98 Å². The van der Waals surface area contributed by atoms with E-state index in [4.69, 9.17) is 11.6 Å². The number of hydrogen-bond acceptors (Lipinski definition) is 3. The smallest absolute Gasteiger partial charge is 0.183 e. The third kappa shape index (κ3) is 2.51. The Morgan fingerprint density at radius 3 is 2.81 bits per heavy atom. The van der Waals surface area contributed by atoms with Crippen molar-refractivity contribution in [3.63, 3.8) is 0 Å². The van der Waals surface area contributed by atoms with E-state index in [0.717, 1.165) is 4.88 Å². The Morgan fingerprint density at radius 1 is 1.44 bits per heavy atom. The Hall–Kier alpha value is -1.13. The third-order valence-electron chi connectivity index (χ3n) is 2.18. The van der Waals surface area contributed by atoms with Gasteiger partial charge in [-0.15, -0.1) is 11.3 Å². The number of benzene rings is 1. The fraction of sp³-hybridized carbons (Fsp3) is 0.182. The summed E-state index contributed by atoms with van der Waals surface area (Å²) in [5, 5.41) is 0. The van der Waals surface area contributed by atoms with Crippen LogP contribution in [0.5, 0.6) is 0 Å². The van der Waals surface area contributed by atoms with Crippen molar-refractivity contribution < 1.29 is 4.39 Å². The third-order valence-corrected chi connectivity index (χ3v) is 3.28. The molecule has 84 valence electrons. The minimum atomic E-state index is -0.222. The average Bonchev–Trinajstić information content (AvgIpc) is 2.64. The van der Waals surface area contributed by atoms with Gasteiger partial charge in [0, 0.05) is 18.1 Å². The van der Waals surface area contributed by atoms with Crippen LogP contribution in [-0.4, -0.2) is 12.0 Å². The van der Waals surface area contributed by atoms with E-state index >= 15 is 0 Å². The van der Waals surface area contributed by atoms with Gasteiger partial charge < -0.3 is 4.90 Å². The molecule has 0 amide bonds. The van der Waals surface area contributed by atoms with E-state index < -0.39 is 0 Å². The molecule has 0 N–H and O–H groups in total. The van der Waals surface area contributed by atoms with Gasteiger partial charge in [0.05, 0.1) is 12.2 Å². The predicted octanol–water partition coefficient (Wildman–Crippen LogP) is 3.57. The van der Waals surface area contributed by atoms with Crippen LogP contribution in [0.25, 0.3) is 0 Å². The standard InChI is InChI=1S/C11H10ClFN2S/c1-15(7-8-6-14-11(12)16-8)10-5-3-2-4-9(10)13/h2-6H,7H2,1H3. The summed E-state index contributed by atoms with van der Waals surface area (Å²) >= 11 is 7.14. The molecule has 0 aliphatic heterocycles. The van der Waals surface area contributed by atoms with Crippen molar-refractivity contribution in [2.45, 2.75) is 6.54 Å². The summed E-state index contributed by atoms with van der Waals surface area (Å²) in [6.07, 6.45) is 1.71. The summed E-state index contributed by atoms with van der Waals surface area (Å²) in [6.45, 7) is 0.603. The van der Waals surface area contributed by atoms with Gasteiger partial charge in [0.1, 0.15) is 5.82 Å². The summed E-state index contributed by atoms with van der Waals surface area (Å²) < 4.78 is 14.0. The first kappa shape index (κ1) is 11.4. The highest BCUT2D eigenvalue weighted by Gasteiger charge is 2.08. The minimum absolute atomic E-state index is 0.222. The summed E-state index contributed by atoms with van der Waals surface area (Å²) in [6, 6.07) is 6.69. The number of rotatable bonds is 3. The maximum Gasteiger partial charge on any atom is 0.183 e. The molecule has 1 aromatic heterocycles. The van der Waals surface area contributed by atoms with Crippen LogP contribution in [-0.2, 0) is 6.54 Å². The molecule has 0 unspecified atom stereocenters. The van der Waals surface area contributed by atoms with E-state index in [0.29, 0.717) is 16.7 Å². The van der Waals surface area contributed by atoms with Crippen molar-refractivity contribution in [3.8, 4) is 0 Å². The lowest BCUT2D eigenvalue weighted by molar-refractivity contribution is 0.622. The molecule has 0 aliphatic rings. The maximum atomic E-state index is 13.5. The summed E-state index contributed by atoms with van der Waals surface area (Å²) in [4.78, 5) is 6.79. The number of halogens is 2. The molecule has 0 spiro atoms. The summed E-state index contributed by atoms with van der Waals surface area (Å²) in [5.74, 6) is -0.222. The zero-order chi connectivity index (χ0) is 11.5. The fourth-order valence-corrected chi connectivity index (χ4v) is 2.47. The van der Waals surface area contributed by atoms with E-state index in [9.17, 15) is 4.39 Å². The minimum Gasteiger partial charge on any atom is -0.367 e. The Labute approximate surface area is 102 Å². The zero-order valence-corrected chi connectivity index (χ0v) is 10.2. The van der Waals surface area contributed by atoms with Crippen LogP contribution in [0, 0.1) is 5.82 Å². The molecule has 0 radical (unpaired) electrons. The maximum absolute atomic E-state index is 13.5. The lowest BCUT2D eigenvalue weighted by Crippen LogP contribution is -2.16. The molecule has 16 heavy (non-hydrogen) atoms. The SMILES string of the molecule is CN(Cc1cnc(Cl)s1)c1ccccc1F. The van der Waals surface area contributed by atoms with Gasteiger partial charge in [0.25, 0.3) is 0 Å². The van der Waals surface area contributed by atoms with Gasteiger partial charge in [-0.2, -0.15) is 0 Å². The quantitative estimate of drug-likeness (QED) is 0.835. The fourth-order valence-electron chi connectivity index (χ4n) is 1.44. The van der Waals surface area contributed by atoms with Crippen LogP contribution in [0.15, 0.2) is 30.5 Å². The Bertz CT molecular complexity index is 486. The van der Waals surface area contributed by atoms with Gasteiger partial charge in [0.2, 0.25) is 0 Å². The second kappa shape index (κ2) is 4.80. The van der Waals surface area contributed by atoms with Gasteiger partial charge >= 0.3 is 0 Å². The van der Waals surface area contributed by atoms with Gasteiger partial charge in [-0.05, 0) is 12.1 Å². The number of anilines is 1. The van der Waals surface area contributed by atoms with E-state index in [1.165, 1.54) is 17.4 Å². The molecule has 1 heterocycles. The number of aromatic nitrogens is 1. The molecule has 0 bridgehead atoms. The van der Waals surface area contributed by atoms with Gasteiger partial charge in [-0.25, -0.2) is 9.37 Å². The predicted molar refractivity (Wildman–Crippen MR) is 65.6 cm³/mol. The highest BCUT2D eigenvalue weighted by Crippen LogP contribution is 2.23. The molecule has 2 rings (SSSR count). The highest BCUT2D eigenvalue weighted by atomic mass is 35.5. The Balaban J connectivity index is 2.14. The molecule has 0 fully saturated rings. The topological polar surface area (TPSA) is 16.1 Å². The van der Waals surface area contributed by atoms with Gasteiger partial charge in [-0.1, -0.05) is 23.7 Å². The zero-order valence-electron chi connectivity index (χ0n) is 8.65. The van der Waals surface area contributed by atoms with Crippen molar-refractivity contribution in [1.29, 1.82) is 0 Å². The second-order valence-corrected chi connectivity index (χ2v) is 5.08. The van der Waals surface area contributed by atoms with E-state index in [1.807, 2.05) is 18.0 Å². The first-order chi connectivity index (χ1) is 7.66. The number of hydrogen-bond donors (Lipinski definition) is 0. The molecule has 5 heteroatoms. The summed E-state index contributed by atoms with van der Waals surface area (Å²) in [7, 11) is 1.84. The Morgan fingerprint density at radius 2 is 2.19 bits per heavy atom. The van der Waals surface area contributed by atoms with Crippen molar-refractivity contribution in [2.75, 3.05) is 11.9 Å². The first-order valence-electron chi connectivity index (χ1n) is 4.72. The Kier molecular flexibility index (Phi) is 3.41. The van der Waals surface area contributed by atoms with Crippen LogP contribution in [0.4, 0.5) is 10.1 Å². The molecular formula is C11H10ClFN2S. The molecule has 2 nitrogen and oxygen atoms in total. The molecule has 0 aliphatic carbocycles. The molecular weight excluding hydrogens is 247 g/mol. The normalized spacial score (nSPS) is 10.4. The largest absolute Gasteiger partial charge is 0.367 e. The van der Waals surface area contributed by atoms with Crippen molar-refractivity contribution >= 4 is 28.6 Å². The number of para-hydroxylation sites is 1. The first-order valence-corrected chi connectivity index (χ1v) is 5.92. The molecule has 1 aromatic carbocycles. The van der Waals surface area contributed by atoms with Crippen LogP contribution in [0.1, 0.15) is 4.88 Å². The van der Waals surface area contributed by atoms with Gasteiger partial charge in [0.15, 0.2) is 4.47 Å². The number of nitrogens with zero attached hydrogens (tertiary/aromatic N) is 2. The van der Waals surface area contributed by atoms with Crippen LogP contribution in [0.3, 0.4) is 0 Å². The molecule has 2 aromatic rings. The average molecular weight is 257 g/mol. The summed E-state index contributed by atoms with van der Waals surface area (Å²) in [5.41, 5.74) is 0.576. The monoisotopic (exact) mass is 256 g/mol. The van der Waals surface area contributed by atoms with Crippen LogP contribution < -0.4 is 4.90 Å². The van der Waals surface area contributed by atoms with E-state index in [-0.39, 0.29) is 5.82 Å². The van der Waals surface area contributed by atoms with Crippen LogP contribution in [0.2, 0.25) is 4.47 Å². The lowest BCUT2D eigenvalue weighted by Gasteiger charge is -2.18. The van der Waals surface area contributed by atoms with Crippen molar-refractivity contribution in [2.24, 2.45) is 0 Å². The molecule has 0 saturated carbocycles. The van der Waals surface area contributed by atoms with E-state index in [1.54, 1.807) is 18.3 Å².